The van der Waals surface area contributed by atoms with Crippen LogP contribution < -0.4 is 10.1 Å². The summed E-state index contributed by atoms with van der Waals surface area (Å²) < 4.78 is 10.6. The second-order valence-electron chi connectivity index (χ2n) is 5.14. The number of nitrogens with zero attached hydrogens (tertiary/aromatic N) is 1. The van der Waals surface area contributed by atoms with Crippen molar-refractivity contribution in [2.45, 2.75) is 6.10 Å². The number of likely N-dealkylation sites (N-methyl/N-ethyl adjacent to an activating group) is 1. The normalized spacial score (nSPS) is 12.6. The Morgan fingerprint density at radius 1 is 1.48 bits per heavy atom. The van der Waals surface area contributed by atoms with E-state index < -0.39 is 6.10 Å². The van der Waals surface area contributed by atoms with Crippen LogP contribution in [0.1, 0.15) is 10.4 Å². The molecular formula is C15H20N2O4. The Bertz CT molecular complexity index is 621. The van der Waals surface area contributed by atoms with Crippen molar-refractivity contribution in [3.63, 3.8) is 0 Å². The Balaban J connectivity index is 2.08. The van der Waals surface area contributed by atoms with Crippen LogP contribution in [0.5, 0.6) is 5.75 Å². The molecular weight excluding hydrogens is 272 g/mol. The Hall–Kier alpha value is -2.05. The lowest BCUT2D eigenvalue weighted by molar-refractivity contribution is 0.0892. The molecule has 1 unspecified atom stereocenters. The van der Waals surface area contributed by atoms with E-state index in [-0.39, 0.29) is 12.5 Å². The molecule has 2 aromatic rings. The molecule has 1 aromatic carbocycles. The molecule has 6 heteroatoms. The molecule has 1 heterocycles. The number of furan rings is 1. The number of carbonyl (C=O) groups is 1. The van der Waals surface area contributed by atoms with E-state index in [1.807, 2.05) is 19.0 Å². The zero-order chi connectivity index (χ0) is 15.4. The van der Waals surface area contributed by atoms with Gasteiger partial charge >= 0.3 is 0 Å². The van der Waals surface area contributed by atoms with E-state index in [1.165, 1.54) is 0 Å². The smallest absolute Gasteiger partial charge is 0.251 e. The van der Waals surface area contributed by atoms with Crippen LogP contribution in [0, 0.1) is 0 Å². The van der Waals surface area contributed by atoms with Crippen molar-refractivity contribution in [1.29, 1.82) is 0 Å². The summed E-state index contributed by atoms with van der Waals surface area (Å²) in [7, 11) is 5.27. The summed E-state index contributed by atoms with van der Waals surface area (Å²) in [6, 6.07) is 5.10. The number of methoxy groups -OCH3 is 1. The molecule has 0 saturated heterocycles. The standard InChI is InChI=1S/C15H20N2O4/c1-17(2)9-11(18)8-16-15(19)10-6-13(20-3)12-4-5-21-14(12)7-10/h4-7,11,18H,8-9H2,1-3H3,(H,16,19). The van der Waals surface area contributed by atoms with Crippen molar-refractivity contribution in [2.75, 3.05) is 34.3 Å². The van der Waals surface area contributed by atoms with Gasteiger partial charge in [0, 0.05) is 18.7 Å². The number of hydrogen-bond donors (Lipinski definition) is 2. The molecule has 0 aliphatic rings. The molecule has 2 rings (SSSR count). The fourth-order valence-electron chi connectivity index (χ4n) is 2.14. The average Bonchev–Trinajstić information content (AvgIpc) is 2.91. The van der Waals surface area contributed by atoms with Crippen molar-refractivity contribution in [3.8, 4) is 5.75 Å². The lowest BCUT2D eigenvalue weighted by Gasteiger charge is -2.16. The fourth-order valence-corrected chi connectivity index (χ4v) is 2.14. The van der Waals surface area contributed by atoms with Crippen LogP contribution in [0.2, 0.25) is 0 Å². The Labute approximate surface area is 123 Å². The van der Waals surface area contributed by atoms with Crippen LogP contribution in [0.15, 0.2) is 28.9 Å². The highest BCUT2D eigenvalue weighted by molar-refractivity contribution is 5.99. The third kappa shape index (κ3) is 3.74. The number of rotatable bonds is 6. The number of carbonyl (C=O) groups excluding carboxylic acids is 1. The predicted octanol–water partition coefficient (Wildman–Crippen LogP) is 1.09. The first kappa shape index (κ1) is 15.3. The van der Waals surface area contributed by atoms with E-state index in [0.717, 1.165) is 5.39 Å². The van der Waals surface area contributed by atoms with E-state index in [0.29, 0.717) is 23.4 Å². The van der Waals surface area contributed by atoms with E-state index in [9.17, 15) is 9.90 Å². The number of fused-ring (bicyclic) bond motifs is 1. The molecule has 0 radical (unpaired) electrons. The van der Waals surface area contributed by atoms with Crippen molar-refractivity contribution in [3.05, 3.63) is 30.0 Å². The number of benzene rings is 1. The summed E-state index contributed by atoms with van der Waals surface area (Å²) in [6.07, 6.45) is 0.939. The van der Waals surface area contributed by atoms with Gasteiger partial charge in [-0.3, -0.25) is 4.79 Å². The van der Waals surface area contributed by atoms with Gasteiger partial charge < -0.3 is 24.5 Å². The van der Waals surface area contributed by atoms with E-state index in [2.05, 4.69) is 5.32 Å². The van der Waals surface area contributed by atoms with Gasteiger partial charge in [-0.15, -0.1) is 0 Å². The van der Waals surface area contributed by atoms with Gasteiger partial charge in [0.25, 0.3) is 5.91 Å². The summed E-state index contributed by atoms with van der Waals surface area (Å²) in [5, 5.41) is 13.3. The SMILES string of the molecule is COc1cc(C(=O)NCC(O)CN(C)C)cc2occc12. The maximum Gasteiger partial charge on any atom is 0.251 e. The van der Waals surface area contributed by atoms with Gasteiger partial charge in [0.15, 0.2) is 0 Å². The first-order valence-corrected chi connectivity index (χ1v) is 6.67. The molecule has 1 amide bonds. The number of aliphatic hydroxyl groups is 1. The molecule has 0 spiro atoms. The highest BCUT2D eigenvalue weighted by Crippen LogP contribution is 2.28. The number of hydrogen-bond acceptors (Lipinski definition) is 5. The van der Waals surface area contributed by atoms with Crippen LogP contribution >= 0.6 is 0 Å². The zero-order valence-corrected chi connectivity index (χ0v) is 12.4. The molecule has 0 aliphatic carbocycles. The van der Waals surface area contributed by atoms with Crippen LogP contribution in [0.25, 0.3) is 11.0 Å². The molecule has 0 aliphatic heterocycles. The molecule has 1 atom stereocenters. The largest absolute Gasteiger partial charge is 0.496 e. The average molecular weight is 292 g/mol. The monoisotopic (exact) mass is 292 g/mol. The maximum atomic E-state index is 12.1. The molecule has 0 fully saturated rings. The van der Waals surface area contributed by atoms with Crippen LogP contribution in [-0.2, 0) is 0 Å². The summed E-state index contributed by atoms with van der Waals surface area (Å²) in [5.41, 5.74) is 1.03. The van der Waals surface area contributed by atoms with Gasteiger partial charge in [-0.2, -0.15) is 0 Å². The van der Waals surface area contributed by atoms with E-state index >= 15 is 0 Å². The Kier molecular flexibility index (Phi) is 4.82. The maximum absolute atomic E-state index is 12.1. The van der Waals surface area contributed by atoms with E-state index in [1.54, 1.807) is 31.6 Å². The number of ether oxygens (including phenoxy) is 1. The third-order valence-electron chi connectivity index (χ3n) is 3.09. The molecule has 114 valence electrons. The highest BCUT2D eigenvalue weighted by Gasteiger charge is 2.14. The van der Waals surface area contributed by atoms with Gasteiger partial charge in [0.1, 0.15) is 11.3 Å². The fraction of sp³-hybridized carbons (Fsp3) is 0.400. The lowest BCUT2D eigenvalue weighted by atomic mass is 10.1. The van der Waals surface area contributed by atoms with Crippen LogP contribution in [-0.4, -0.2) is 56.3 Å². The number of aliphatic hydroxyl groups excluding tert-OH is 1. The Morgan fingerprint density at radius 3 is 2.90 bits per heavy atom. The van der Waals surface area contributed by atoms with Gasteiger partial charge in [-0.05, 0) is 32.3 Å². The zero-order valence-electron chi connectivity index (χ0n) is 12.4. The lowest BCUT2D eigenvalue weighted by Crippen LogP contribution is -2.37. The second kappa shape index (κ2) is 6.60. The van der Waals surface area contributed by atoms with Gasteiger partial charge in [-0.1, -0.05) is 0 Å². The van der Waals surface area contributed by atoms with E-state index in [4.69, 9.17) is 9.15 Å². The molecule has 0 saturated carbocycles. The molecule has 0 bridgehead atoms. The minimum Gasteiger partial charge on any atom is -0.496 e. The minimum absolute atomic E-state index is 0.190. The minimum atomic E-state index is -0.613. The highest BCUT2D eigenvalue weighted by atomic mass is 16.5. The topological polar surface area (TPSA) is 74.9 Å². The van der Waals surface area contributed by atoms with Crippen LogP contribution in [0.4, 0.5) is 0 Å². The summed E-state index contributed by atoms with van der Waals surface area (Å²) in [4.78, 5) is 14.0. The van der Waals surface area contributed by atoms with Crippen molar-refractivity contribution >= 4 is 16.9 Å². The second-order valence-corrected chi connectivity index (χ2v) is 5.14. The first-order valence-electron chi connectivity index (χ1n) is 6.67. The molecule has 21 heavy (non-hydrogen) atoms. The van der Waals surface area contributed by atoms with Crippen molar-refractivity contribution < 1.29 is 19.1 Å². The number of nitrogens with one attached hydrogen (secondary N) is 1. The van der Waals surface area contributed by atoms with Gasteiger partial charge in [0.2, 0.25) is 0 Å². The first-order chi connectivity index (χ1) is 10.0. The van der Waals surface area contributed by atoms with Gasteiger partial charge in [0.05, 0.1) is 24.9 Å². The molecule has 6 nitrogen and oxygen atoms in total. The Morgan fingerprint density at radius 2 is 2.24 bits per heavy atom. The molecule has 2 N–H and O–H groups in total. The summed E-state index contributed by atoms with van der Waals surface area (Å²) in [6.45, 7) is 0.677. The number of amides is 1. The predicted molar refractivity (Wildman–Crippen MR) is 79.7 cm³/mol. The van der Waals surface area contributed by atoms with Gasteiger partial charge in [-0.25, -0.2) is 0 Å². The summed E-state index contributed by atoms with van der Waals surface area (Å²) in [5.74, 6) is 0.310. The van der Waals surface area contributed by atoms with Crippen molar-refractivity contribution in [2.24, 2.45) is 0 Å². The van der Waals surface area contributed by atoms with Crippen LogP contribution in [0.3, 0.4) is 0 Å². The summed E-state index contributed by atoms with van der Waals surface area (Å²) >= 11 is 0. The van der Waals surface area contributed by atoms with Crippen molar-refractivity contribution in [1.82, 2.24) is 10.2 Å². The quantitative estimate of drug-likeness (QED) is 0.834. The third-order valence-corrected chi connectivity index (χ3v) is 3.09. The molecule has 1 aromatic heterocycles.